The number of fused-ring (bicyclic) bond motifs is 1. The van der Waals surface area contributed by atoms with Gasteiger partial charge in [-0.1, -0.05) is 0 Å². The molecule has 2 rings (SSSR count). The molecule has 0 unspecified atom stereocenters. The first-order valence-corrected chi connectivity index (χ1v) is 5.39. The number of hydrogen-bond donors (Lipinski definition) is 2. The summed E-state index contributed by atoms with van der Waals surface area (Å²) in [5.41, 5.74) is 0.693. The van der Waals surface area contributed by atoms with Crippen molar-refractivity contribution in [1.82, 2.24) is 14.9 Å². The quantitative estimate of drug-likeness (QED) is 0.573. The van der Waals surface area contributed by atoms with Crippen LogP contribution in [-0.4, -0.2) is 34.2 Å². The fourth-order valence-electron chi connectivity index (χ4n) is 1.56. The van der Waals surface area contributed by atoms with Crippen LogP contribution in [0.1, 0.15) is 5.69 Å². The predicted octanol–water partition coefficient (Wildman–Crippen LogP) is -0.129. The molecule has 0 aliphatic carbocycles. The number of ether oxygens (including phenoxy) is 1. The Morgan fingerprint density at radius 1 is 1.47 bits per heavy atom. The summed E-state index contributed by atoms with van der Waals surface area (Å²) in [7, 11) is 0. The molecule has 0 saturated heterocycles. The second kappa shape index (κ2) is 5.78. The molecule has 19 heavy (non-hydrogen) atoms. The van der Waals surface area contributed by atoms with Gasteiger partial charge in [-0.25, -0.2) is 9.98 Å². The molecule has 2 heterocycles. The van der Waals surface area contributed by atoms with Gasteiger partial charge in [0.1, 0.15) is 24.6 Å². The number of hydrogen-bond acceptors (Lipinski definition) is 7. The first-order chi connectivity index (χ1) is 9.31. The van der Waals surface area contributed by atoms with Crippen LogP contribution in [0.5, 0.6) is 0 Å². The largest absolute Gasteiger partial charge is 0.394 e. The number of aliphatic hydroxyl groups is 1. The molecule has 96 valence electrons. The molecule has 1 aliphatic rings. The number of aliphatic imine (C=N–C) groups is 1. The third-order valence-electron chi connectivity index (χ3n) is 2.38. The van der Waals surface area contributed by atoms with E-state index in [1.807, 2.05) is 0 Å². The Bertz CT molecular complexity index is 600. The smallest absolute Gasteiger partial charge is 0.165 e. The Morgan fingerprint density at radius 3 is 2.95 bits per heavy atom. The summed E-state index contributed by atoms with van der Waals surface area (Å²) in [6, 6.07) is 3.61. The third-order valence-corrected chi connectivity index (χ3v) is 2.38. The fourth-order valence-corrected chi connectivity index (χ4v) is 1.56. The van der Waals surface area contributed by atoms with Crippen LogP contribution >= 0.6 is 0 Å². The van der Waals surface area contributed by atoms with Gasteiger partial charge in [-0.05, 0) is 0 Å². The highest BCUT2D eigenvalue weighted by Gasteiger charge is 2.20. The normalized spacial score (nSPS) is 12.3. The van der Waals surface area contributed by atoms with E-state index in [1.54, 1.807) is 16.7 Å². The second-order valence-corrected chi connectivity index (χ2v) is 3.52. The van der Waals surface area contributed by atoms with Gasteiger partial charge < -0.3 is 15.2 Å². The molecule has 8 heteroatoms. The van der Waals surface area contributed by atoms with E-state index in [9.17, 15) is 0 Å². The van der Waals surface area contributed by atoms with Crippen molar-refractivity contribution in [3.8, 4) is 12.1 Å². The number of nitrogens with one attached hydrogen (secondary N) is 1. The van der Waals surface area contributed by atoms with Crippen molar-refractivity contribution in [1.29, 1.82) is 10.5 Å². The van der Waals surface area contributed by atoms with Crippen molar-refractivity contribution < 1.29 is 9.84 Å². The molecule has 0 radical (unpaired) electrons. The standard InChI is InChI=1S/C11H10N6O2/c12-3-8(4-13)9-10-11(15-5-14-9)17(6-16-10)7-19-2-1-18/h5-6,18H,1-2,7H2,(H,14,15). The number of allylic oxidation sites excluding steroid dienone is 1. The Morgan fingerprint density at radius 2 is 2.26 bits per heavy atom. The average Bonchev–Trinajstić information content (AvgIpc) is 2.85. The Kier molecular flexibility index (Phi) is 3.88. The van der Waals surface area contributed by atoms with Crippen LogP contribution in [0.4, 0.5) is 5.82 Å². The van der Waals surface area contributed by atoms with Crippen molar-refractivity contribution >= 4 is 17.9 Å². The first-order valence-electron chi connectivity index (χ1n) is 5.39. The number of aliphatic hydroxyl groups excluding tert-OH is 1. The molecule has 0 saturated carbocycles. The monoisotopic (exact) mass is 258 g/mol. The summed E-state index contributed by atoms with van der Waals surface area (Å²) in [6.45, 7) is 0.321. The molecule has 1 aromatic rings. The van der Waals surface area contributed by atoms with Crippen LogP contribution in [0.2, 0.25) is 0 Å². The maximum Gasteiger partial charge on any atom is 0.165 e. The lowest BCUT2D eigenvalue weighted by atomic mass is 10.2. The summed E-state index contributed by atoms with van der Waals surface area (Å²) in [4.78, 5) is 8.22. The Labute approximate surface area is 108 Å². The average molecular weight is 258 g/mol. The van der Waals surface area contributed by atoms with Gasteiger partial charge in [-0.2, -0.15) is 10.5 Å². The third kappa shape index (κ3) is 2.45. The van der Waals surface area contributed by atoms with Gasteiger partial charge in [-0.3, -0.25) is 4.57 Å². The van der Waals surface area contributed by atoms with E-state index in [0.29, 0.717) is 17.2 Å². The second-order valence-electron chi connectivity index (χ2n) is 3.52. The van der Waals surface area contributed by atoms with E-state index in [-0.39, 0.29) is 25.5 Å². The Hall–Kier alpha value is -2.68. The lowest BCUT2D eigenvalue weighted by molar-refractivity contribution is 0.0489. The molecule has 0 fully saturated rings. The molecule has 0 amide bonds. The summed E-state index contributed by atoms with van der Waals surface area (Å²) < 4.78 is 6.79. The zero-order valence-electron chi connectivity index (χ0n) is 9.87. The minimum absolute atomic E-state index is 0.0612. The lowest BCUT2D eigenvalue weighted by Gasteiger charge is -2.12. The van der Waals surface area contributed by atoms with E-state index >= 15 is 0 Å². The summed E-state index contributed by atoms with van der Waals surface area (Å²) in [5.74, 6) is 0.495. The van der Waals surface area contributed by atoms with E-state index < -0.39 is 0 Å². The molecule has 2 N–H and O–H groups in total. The SMILES string of the molecule is N#CC(C#N)=C1NC=Nc2c1ncn2COCCO. The number of nitriles is 2. The number of imidazole rings is 1. The van der Waals surface area contributed by atoms with Crippen LogP contribution < -0.4 is 5.32 Å². The van der Waals surface area contributed by atoms with Gasteiger partial charge >= 0.3 is 0 Å². The van der Waals surface area contributed by atoms with Crippen molar-refractivity contribution in [2.24, 2.45) is 4.99 Å². The highest BCUT2D eigenvalue weighted by atomic mass is 16.5. The van der Waals surface area contributed by atoms with E-state index in [4.69, 9.17) is 20.4 Å². The number of rotatable bonds is 4. The first kappa shape index (κ1) is 12.8. The minimum Gasteiger partial charge on any atom is -0.394 e. The van der Waals surface area contributed by atoms with Crippen LogP contribution in [0, 0.1) is 22.7 Å². The molecular formula is C11H10N6O2. The van der Waals surface area contributed by atoms with Crippen molar-refractivity contribution in [2.45, 2.75) is 6.73 Å². The van der Waals surface area contributed by atoms with Crippen molar-refractivity contribution in [3.05, 3.63) is 17.6 Å². The van der Waals surface area contributed by atoms with Gasteiger partial charge in [0.2, 0.25) is 0 Å². The zero-order valence-corrected chi connectivity index (χ0v) is 9.87. The summed E-state index contributed by atoms with van der Waals surface area (Å²) in [5, 5.41) is 29.2. The zero-order chi connectivity index (χ0) is 13.7. The lowest BCUT2D eigenvalue weighted by Crippen LogP contribution is -2.16. The molecule has 0 bridgehead atoms. The molecule has 1 aliphatic heterocycles. The highest BCUT2D eigenvalue weighted by Crippen LogP contribution is 2.28. The molecule has 0 aromatic carbocycles. The van der Waals surface area contributed by atoms with Gasteiger partial charge in [0.05, 0.1) is 31.6 Å². The molecule has 0 atom stereocenters. The fraction of sp³-hybridized carbons (Fsp3) is 0.273. The summed E-state index contributed by atoms with van der Waals surface area (Å²) >= 11 is 0. The van der Waals surface area contributed by atoms with Crippen LogP contribution in [0.15, 0.2) is 16.9 Å². The molecule has 8 nitrogen and oxygen atoms in total. The molecule has 0 spiro atoms. The van der Waals surface area contributed by atoms with Gasteiger partial charge in [-0.15, -0.1) is 0 Å². The van der Waals surface area contributed by atoms with Crippen molar-refractivity contribution in [2.75, 3.05) is 13.2 Å². The maximum absolute atomic E-state index is 8.88. The van der Waals surface area contributed by atoms with Gasteiger partial charge in [0.25, 0.3) is 0 Å². The topological polar surface area (TPSA) is 119 Å². The Balaban J connectivity index is 2.34. The maximum atomic E-state index is 8.88. The number of aromatic nitrogens is 2. The van der Waals surface area contributed by atoms with Gasteiger partial charge in [0, 0.05) is 0 Å². The number of nitrogens with zero attached hydrogens (tertiary/aromatic N) is 5. The van der Waals surface area contributed by atoms with E-state index in [2.05, 4.69) is 15.3 Å². The molecular weight excluding hydrogens is 248 g/mol. The molecule has 1 aromatic heterocycles. The van der Waals surface area contributed by atoms with E-state index in [0.717, 1.165) is 0 Å². The van der Waals surface area contributed by atoms with E-state index in [1.165, 1.54) is 12.7 Å². The minimum atomic E-state index is -0.0696. The van der Waals surface area contributed by atoms with Crippen molar-refractivity contribution in [3.63, 3.8) is 0 Å². The predicted molar refractivity (Wildman–Crippen MR) is 64.7 cm³/mol. The van der Waals surface area contributed by atoms with Crippen LogP contribution in [-0.2, 0) is 11.5 Å². The van der Waals surface area contributed by atoms with Crippen LogP contribution in [0.25, 0.3) is 5.70 Å². The van der Waals surface area contributed by atoms with Gasteiger partial charge in [0.15, 0.2) is 11.4 Å². The summed E-state index contributed by atoms with van der Waals surface area (Å²) in [6.07, 6.45) is 2.88. The highest BCUT2D eigenvalue weighted by molar-refractivity contribution is 5.88. The van der Waals surface area contributed by atoms with Crippen LogP contribution in [0.3, 0.4) is 0 Å².